The third-order valence-corrected chi connectivity index (χ3v) is 8.90. The second kappa shape index (κ2) is 9.71. The van der Waals surface area contributed by atoms with Crippen LogP contribution in [0.4, 0.5) is 10.7 Å². The highest BCUT2D eigenvalue weighted by atomic mass is 32.2. The van der Waals surface area contributed by atoms with Crippen molar-refractivity contribution < 1.29 is 27.7 Å². The van der Waals surface area contributed by atoms with Crippen molar-refractivity contribution in [3.05, 3.63) is 50.4 Å². The topological polar surface area (TPSA) is 145 Å². The van der Waals surface area contributed by atoms with E-state index in [1.54, 1.807) is 0 Å². The van der Waals surface area contributed by atoms with Crippen molar-refractivity contribution in [2.75, 3.05) is 23.4 Å². The largest absolute Gasteiger partial charge is 0.484 e. The molecule has 1 aliphatic carbocycles. The van der Waals surface area contributed by atoms with Gasteiger partial charge in [-0.25, -0.2) is 8.42 Å². The number of fused-ring (bicyclic) bond motifs is 1. The van der Waals surface area contributed by atoms with Gasteiger partial charge in [-0.15, -0.1) is 11.3 Å². The number of nitro groups is 1. The Morgan fingerprint density at radius 2 is 2.09 bits per heavy atom. The van der Waals surface area contributed by atoms with Crippen molar-refractivity contribution in [2.24, 2.45) is 5.92 Å². The number of sulfone groups is 1. The zero-order chi connectivity index (χ0) is 24.5. The lowest BCUT2D eigenvalue weighted by Crippen LogP contribution is -2.36. The van der Waals surface area contributed by atoms with Crippen molar-refractivity contribution in [3.8, 4) is 5.75 Å². The molecule has 10 nitrogen and oxygen atoms in total. The van der Waals surface area contributed by atoms with E-state index in [-0.39, 0.29) is 35.5 Å². The minimum absolute atomic E-state index is 0.0514. The first kappa shape index (κ1) is 24.1. The number of carbonyl (C=O) groups excluding carboxylic acids is 2. The number of benzene rings is 1. The van der Waals surface area contributed by atoms with Crippen LogP contribution in [0, 0.1) is 16.0 Å². The number of carbonyl (C=O) groups is 2. The molecule has 34 heavy (non-hydrogen) atoms. The van der Waals surface area contributed by atoms with Gasteiger partial charge in [0.25, 0.3) is 17.5 Å². The number of ether oxygens (including phenoxy) is 1. The highest BCUT2D eigenvalue weighted by molar-refractivity contribution is 7.91. The van der Waals surface area contributed by atoms with Gasteiger partial charge in [0.15, 0.2) is 16.4 Å². The molecule has 1 aromatic carbocycles. The number of anilines is 1. The summed E-state index contributed by atoms with van der Waals surface area (Å²) in [5, 5.41) is 16.9. The van der Waals surface area contributed by atoms with Crippen LogP contribution in [0.25, 0.3) is 0 Å². The van der Waals surface area contributed by atoms with Gasteiger partial charge in [0.2, 0.25) is 0 Å². The summed E-state index contributed by atoms with van der Waals surface area (Å²) in [4.78, 5) is 37.2. The molecule has 2 heterocycles. The van der Waals surface area contributed by atoms with E-state index < -0.39 is 26.7 Å². The van der Waals surface area contributed by atoms with Crippen molar-refractivity contribution in [3.63, 3.8) is 0 Å². The molecule has 1 saturated heterocycles. The molecule has 2 amide bonds. The van der Waals surface area contributed by atoms with Gasteiger partial charge in [-0.05, 0) is 43.2 Å². The SMILES string of the molecule is CC1CCc2c(sc(NC(=O)COc3cccc([N+](=O)[O-])c3)c2C(=O)NC2CCS(=O)(=O)C2)C1. The van der Waals surface area contributed by atoms with Gasteiger partial charge >= 0.3 is 0 Å². The molecule has 1 aromatic heterocycles. The van der Waals surface area contributed by atoms with E-state index in [1.807, 2.05) is 0 Å². The minimum atomic E-state index is -3.15. The van der Waals surface area contributed by atoms with Gasteiger partial charge in [0.1, 0.15) is 10.8 Å². The van der Waals surface area contributed by atoms with E-state index in [1.165, 1.54) is 35.6 Å². The Morgan fingerprint density at radius 1 is 1.29 bits per heavy atom. The highest BCUT2D eigenvalue weighted by Gasteiger charge is 2.33. The summed E-state index contributed by atoms with van der Waals surface area (Å²) < 4.78 is 29.0. The third kappa shape index (κ3) is 5.55. The van der Waals surface area contributed by atoms with Crippen LogP contribution in [-0.4, -0.2) is 49.3 Å². The molecule has 12 heteroatoms. The molecule has 0 saturated carbocycles. The standard InChI is InChI=1S/C22H25N3O7S2/c1-13-5-6-17-18(9-13)33-22(20(17)21(27)23-14-7-8-34(30,31)12-14)24-19(26)11-32-16-4-2-3-15(10-16)25(28)29/h2-4,10,13-14H,5-9,11-12H2,1H3,(H,23,27)(H,24,26). The van der Waals surface area contributed by atoms with E-state index >= 15 is 0 Å². The molecular weight excluding hydrogens is 482 g/mol. The number of rotatable bonds is 7. The fourth-order valence-corrected chi connectivity index (χ4v) is 7.34. The fraction of sp³-hybridized carbons (Fsp3) is 0.455. The van der Waals surface area contributed by atoms with Crippen molar-refractivity contribution >= 4 is 43.7 Å². The molecule has 0 spiro atoms. The van der Waals surface area contributed by atoms with Crippen LogP contribution in [0.3, 0.4) is 0 Å². The Kier molecular flexibility index (Phi) is 6.89. The third-order valence-electron chi connectivity index (χ3n) is 5.96. The van der Waals surface area contributed by atoms with Gasteiger partial charge in [-0.1, -0.05) is 13.0 Å². The van der Waals surface area contributed by atoms with Crippen molar-refractivity contribution in [1.29, 1.82) is 0 Å². The smallest absolute Gasteiger partial charge is 0.273 e. The Bertz CT molecular complexity index is 1240. The fourth-order valence-electron chi connectivity index (χ4n) is 4.24. The average molecular weight is 508 g/mol. The summed E-state index contributed by atoms with van der Waals surface area (Å²) in [5.74, 6) is -0.275. The van der Waals surface area contributed by atoms with Crippen molar-refractivity contribution in [2.45, 2.75) is 38.6 Å². The van der Waals surface area contributed by atoms with E-state index in [0.29, 0.717) is 29.3 Å². The van der Waals surface area contributed by atoms with Gasteiger partial charge < -0.3 is 15.4 Å². The first-order valence-electron chi connectivity index (χ1n) is 10.9. The van der Waals surface area contributed by atoms with Crippen LogP contribution in [0.1, 0.15) is 40.6 Å². The number of nitrogens with zero attached hydrogens (tertiary/aromatic N) is 1. The molecule has 2 N–H and O–H groups in total. The molecule has 0 bridgehead atoms. The lowest BCUT2D eigenvalue weighted by Gasteiger charge is -2.19. The molecule has 1 fully saturated rings. The Labute approximate surface area is 200 Å². The Balaban J connectivity index is 1.49. The number of non-ortho nitro benzene ring substituents is 1. The zero-order valence-electron chi connectivity index (χ0n) is 18.5. The maximum absolute atomic E-state index is 13.2. The molecule has 2 unspecified atom stereocenters. The van der Waals surface area contributed by atoms with Gasteiger partial charge in [-0.3, -0.25) is 19.7 Å². The minimum Gasteiger partial charge on any atom is -0.484 e. The molecular formula is C22H25N3O7S2. The second-order valence-electron chi connectivity index (χ2n) is 8.72. The number of hydrogen-bond donors (Lipinski definition) is 2. The van der Waals surface area contributed by atoms with E-state index in [2.05, 4.69) is 17.6 Å². The quantitative estimate of drug-likeness (QED) is 0.433. The molecule has 2 aromatic rings. The van der Waals surface area contributed by atoms with E-state index in [0.717, 1.165) is 23.3 Å². The summed E-state index contributed by atoms with van der Waals surface area (Å²) in [6, 6.07) is 5.08. The van der Waals surface area contributed by atoms with E-state index in [9.17, 15) is 28.1 Å². The van der Waals surface area contributed by atoms with Gasteiger partial charge in [0.05, 0.1) is 28.1 Å². The highest BCUT2D eigenvalue weighted by Crippen LogP contribution is 2.39. The van der Waals surface area contributed by atoms with Crippen LogP contribution >= 0.6 is 11.3 Å². The first-order valence-corrected chi connectivity index (χ1v) is 13.6. The van der Waals surface area contributed by atoms with E-state index in [4.69, 9.17) is 4.74 Å². The number of nitro benzene ring substituents is 1. The van der Waals surface area contributed by atoms with Crippen molar-refractivity contribution in [1.82, 2.24) is 5.32 Å². The van der Waals surface area contributed by atoms with Crippen LogP contribution in [0.5, 0.6) is 5.75 Å². The van der Waals surface area contributed by atoms with Crippen LogP contribution < -0.4 is 15.4 Å². The molecule has 2 atom stereocenters. The summed E-state index contributed by atoms with van der Waals surface area (Å²) >= 11 is 1.35. The Morgan fingerprint density at radius 3 is 2.79 bits per heavy atom. The Hall–Kier alpha value is -2.99. The summed E-state index contributed by atoms with van der Waals surface area (Å²) in [7, 11) is -3.15. The normalized spacial score (nSPS) is 20.9. The zero-order valence-corrected chi connectivity index (χ0v) is 20.2. The number of amides is 2. The number of nitrogens with one attached hydrogen (secondary N) is 2. The number of hydrogen-bond acceptors (Lipinski definition) is 8. The second-order valence-corrected chi connectivity index (χ2v) is 12.1. The molecule has 4 rings (SSSR count). The van der Waals surface area contributed by atoms with Crippen LogP contribution in [0.15, 0.2) is 24.3 Å². The summed E-state index contributed by atoms with van der Waals surface area (Å²) in [5.41, 5.74) is 1.14. The maximum Gasteiger partial charge on any atom is 0.273 e. The predicted molar refractivity (Wildman–Crippen MR) is 127 cm³/mol. The predicted octanol–water partition coefficient (Wildman–Crippen LogP) is 2.72. The molecule has 2 aliphatic rings. The van der Waals surface area contributed by atoms with Crippen LogP contribution in [-0.2, 0) is 27.5 Å². The first-order chi connectivity index (χ1) is 16.1. The molecule has 1 aliphatic heterocycles. The lowest BCUT2D eigenvalue weighted by atomic mass is 9.88. The lowest BCUT2D eigenvalue weighted by molar-refractivity contribution is -0.384. The monoisotopic (exact) mass is 507 g/mol. The molecule has 0 radical (unpaired) electrons. The van der Waals surface area contributed by atoms with Crippen LogP contribution in [0.2, 0.25) is 0 Å². The number of thiophene rings is 1. The summed E-state index contributed by atoms with van der Waals surface area (Å²) in [6.45, 7) is 1.75. The molecule has 182 valence electrons. The maximum atomic E-state index is 13.2. The van der Waals surface area contributed by atoms with Gasteiger partial charge in [0, 0.05) is 17.0 Å². The van der Waals surface area contributed by atoms with Gasteiger partial charge in [-0.2, -0.15) is 0 Å². The summed E-state index contributed by atoms with van der Waals surface area (Å²) in [6.07, 6.45) is 2.80. The average Bonchev–Trinajstić information content (AvgIpc) is 3.30.